The van der Waals surface area contributed by atoms with Gasteiger partial charge in [0.2, 0.25) is 5.88 Å². The molecule has 1 aliphatic heterocycles. The van der Waals surface area contributed by atoms with Crippen molar-refractivity contribution in [3.63, 3.8) is 0 Å². The number of azo groups is 1. The summed E-state index contributed by atoms with van der Waals surface area (Å²) in [5.41, 5.74) is 1.75. The lowest BCUT2D eigenvalue weighted by molar-refractivity contribution is -0.120. The topological polar surface area (TPSA) is 79.4 Å². The largest absolute Gasteiger partial charge is 0.493 e. The van der Waals surface area contributed by atoms with Gasteiger partial charge in [-0.3, -0.25) is 14.3 Å². The number of amides is 1. The van der Waals surface area contributed by atoms with Gasteiger partial charge in [0.05, 0.1) is 12.2 Å². The van der Waals surface area contributed by atoms with Crippen molar-refractivity contribution in [3.8, 4) is 11.6 Å². The molecule has 1 N–H and O–H groups in total. The summed E-state index contributed by atoms with van der Waals surface area (Å²) in [6.07, 6.45) is 3.54. The molecule has 1 aliphatic carbocycles. The first-order valence-electron chi connectivity index (χ1n) is 13.4. The molecule has 2 bridgehead atoms. The molecule has 0 radical (unpaired) electrons. The molecule has 8 heteroatoms. The Hall–Kier alpha value is -3.23. The summed E-state index contributed by atoms with van der Waals surface area (Å²) >= 11 is 3.53. The van der Waals surface area contributed by atoms with E-state index in [4.69, 9.17) is 4.74 Å². The van der Waals surface area contributed by atoms with Crippen LogP contribution < -0.4 is 4.74 Å². The Labute approximate surface area is 236 Å². The number of carbonyl (C=O) groups is 1. The molecule has 0 spiro atoms. The highest BCUT2D eigenvalue weighted by atomic mass is 79.9. The molecular formula is C31H33BrN4O3. The van der Waals surface area contributed by atoms with Gasteiger partial charge < -0.3 is 9.84 Å². The van der Waals surface area contributed by atoms with Gasteiger partial charge in [0.25, 0.3) is 0 Å². The van der Waals surface area contributed by atoms with Crippen LogP contribution >= 0.6 is 15.9 Å². The highest BCUT2D eigenvalue weighted by Gasteiger charge is 2.49. The summed E-state index contributed by atoms with van der Waals surface area (Å²) in [6.45, 7) is 8.43. The van der Waals surface area contributed by atoms with Crippen molar-refractivity contribution in [1.29, 1.82) is 0 Å². The fourth-order valence-corrected chi connectivity index (χ4v) is 7.36. The average molecular weight is 590 g/mol. The number of hydrogen-bond acceptors (Lipinski definition) is 5. The number of aromatic nitrogens is 1. The van der Waals surface area contributed by atoms with E-state index in [2.05, 4.69) is 51.8 Å². The molecule has 4 aromatic rings. The number of likely N-dealkylation sites (tertiary alicyclic amines) is 1. The smallest absolute Gasteiger partial charge is 0.302 e. The zero-order valence-electron chi connectivity index (χ0n) is 22.5. The third-order valence-electron chi connectivity index (χ3n) is 8.16. The van der Waals surface area contributed by atoms with Gasteiger partial charge in [-0.1, -0.05) is 67.0 Å². The van der Waals surface area contributed by atoms with Gasteiger partial charge in [-0.25, -0.2) is 0 Å². The van der Waals surface area contributed by atoms with Crippen LogP contribution in [0.3, 0.4) is 0 Å². The minimum Gasteiger partial charge on any atom is -0.493 e. The third-order valence-corrected chi connectivity index (χ3v) is 8.66. The van der Waals surface area contributed by atoms with E-state index in [1.54, 1.807) is 0 Å². The maximum atomic E-state index is 12.6. The minimum absolute atomic E-state index is 0.0148. The number of carbonyl (C=O) groups excluding carboxylic acids is 1. The first-order chi connectivity index (χ1) is 18.6. The van der Waals surface area contributed by atoms with Crippen molar-refractivity contribution in [1.82, 2.24) is 9.47 Å². The van der Waals surface area contributed by atoms with Crippen molar-refractivity contribution in [2.75, 3.05) is 13.2 Å². The zero-order valence-corrected chi connectivity index (χ0v) is 24.1. The summed E-state index contributed by atoms with van der Waals surface area (Å²) in [5.74, 6) is 0.0799. The summed E-state index contributed by atoms with van der Waals surface area (Å²) in [6, 6.07) is 20.0. The van der Waals surface area contributed by atoms with Crippen LogP contribution in [0, 0.1) is 10.8 Å². The molecule has 39 heavy (non-hydrogen) atoms. The Morgan fingerprint density at radius 1 is 1.08 bits per heavy atom. The average Bonchev–Trinajstić information content (AvgIpc) is 3.28. The van der Waals surface area contributed by atoms with Crippen LogP contribution in [-0.4, -0.2) is 39.7 Å². The van der Waals surface area contributed by atoms with E-state index in [1.807, 2.05) is 65.2 Å². The molecule has 2 heterocycles. The van der Waals surface area contributed by atoms with Gasteiger partial charge in [-0.15, -0.1) is 10.2 Å². The van der Waals surface area contributed by atoms with Crippen LogP contribution in [0.5, 0.6) is 11.6 Å². The van der Waals surface area contributed by atoms with E-state index in [-0.39, 0.29) is 17.9 Å². The highest BCUT2D eigenvalue weighted by molar-refractivity contribution is 9.10. The fourth-order valence-electron chi connectivity index (χ4n) is 7.00. The molecule has 1 amide bonds. The number of aromatic hydroxyl groups is 1. The van der Waals surface area contributed by atoms with E-state index >= 15 is 0 Å². The van der Waals surface area contributed by atoms with Crippen molar-refractivity contribution in [3.05, 3.63) is 65.1 Å². The number of hydrogen-bond donors (Lipinski definition) is 1. The van der Waals surface area contributed by atoms with E-state index in [0.29, 0.717) is 29.6 Å². The molecule has 3 aromatic carbocycles. The Bertz CT molecular complexity index is 1610. The molecule has 2 unspecified atom stereocenters. The maximum absolute atomic E-state index is 12.6. The number of halogens is 1. The Kier molecular flexibility index (Phi) is 6.50. The monoisotopic (exact) mass is 588 g/mol. The molecule has 2 atom stereocenters. The Balaban J connectivity index is 1.22. The normalized spacial score (nSPS) is 22.7. The zero-order chi connectivity index (χ0) is 27.4. The maximum Gasteiger partial charge on any atom is 0.302 e. The number of fused-ring (bicyclic) bond motifs is 4. The van der Waals surface area contributed by atoms with Crippen molar-refractivity contribution < 1.29 is 14.6 Å². The van der Waals surface area contributed by atoms with Crippen LogP contribution in [0.4, 0.5) is 5.69 Å². The minimum atomic E-state index is -0.526. The number of ether oxygens (including phenoxy) is 1. The summed E-state index contributed by atoms with van der Waals surface area (Å²) < 4.78 is 8.43. The lowest BCUT2D eigenvalue weighted by Crippen LogP contribution is -2.35. The summed E-state index contributed by atoms with van der Waals surface area (Å²) in [7, 11) is 0. The molecule has 1 saturated heterocycles. The number of rotatable bonds is 6. The van der Waals surface area contributed by atoms with Gasteiger partial charge >= 0.3 is 5.91 Å². The first-order valence-corrected chi connectivity index (χ1v) is 14.2. The first kappa shape index (κ1) is 26.0. The molecule has 202 valence electrons. The molecular weight excluding hydrogens is 556 g/mol. The molecule has 1 saturated carbocycles. The van der Waals surface area contributed by atoms with E-state index in [1.165, 1.54) is 12.8 Å². The second kappa shape index (κ2) is 9.75. The summed E-state index contributed by atoms with van der Waals surface area (Å²) in [5, 5.41) is 22.3. The van der Waals surface area contributed by atoms with Crippen LogP contribution in [0.25, 0.3) is 21.7 Å². The lowest BCUT2D eigenvalue weighted by atomic mass is 9.65. The van der Waals surface area contributed by atoms with Gasteiger partial charge in [0.15, 0.2) is 12.3 Å². The van der Waals surface area contributed by atoms with Crippen molar-refractivity contribution in [2.24, 2.45) is 21.1 Å². The van der Waals surface area contributed by atoms with Gasteiger partial charge in [-0.05, 0) is 71.2 Å². The lowest BCUT2D eigenvalue weighted by Gasteiger charge is -2.40. The molecule has 6 rings (SSSR count). The summed E-state index contributed by atoms with van der Waals surface area (Å²) in [4.78, 5) is 15.1. The predicted molar refractivity (Wildman–Crippen MR) is 157 cm³/mol. The van der Waals surface area contributed by atoms with E-state index < -0.39 is 5.91 Å². The molecule has 2 aliphatic rings. The standard InChI is InChI=1S/C31H33BrN4O3/c1-30(2)14-23-15-31(3,17-30)18-35(23)19-36-26-11-9-22(32)13-25(26)28(29(36)38)34-33-27(37)16-39-24-10-8-20-6-4-5-7-21(20)12-24/h4-13,23,38H,14-19H2,1-3H3. The number of nitrogens with zero attached hydrogens (tertiary/aromatic N) is 4. The van der Waals surface area contributed by atoms with Crippen LogP contribution in [-0.2, 0) is 11.5 Å². The second-order valence-corrected chi connectivity index (χ2v) is 13.2. The van der Waals surface area contributed by atoms with E-state index in [9.17, 15) is 9.90 Å². The quantitative estimate of drug-likeness (QED) is 0.233. The van der Waals surface area contributed by atoms with E-state index in [0.717, 1.165) is 39.1 Å². The van der Waals surface area contributed by atoms with Crippen molar-refractivity contribution >= 4 is 49.2 Å². The van der Waals surface area contributed by atoms with Gasteiger partial charge in [0.1, 0.15) is 5.75 Å². The van der Waals surface area contributed by atoms with Gasteiger partial charge in [-0.2, -0.15) is 0 Å². The number of benzene rings is 3. The molecule has 1 aromatic heterocycles. The molecule has 2 fully saturated rings. The molecule has 7 nitrogen and oxygen atoms in total. The van der Waals surface area contributed by atoms with Crippen LogP contribution in [0.1, 0.15) is 40.0 Å². The van der Waals surface area contributed by atoms with Crippen LogP contribution in [0.2, 0.25) is 0 Å². The second-order valence-electron chi connectivity index (χ2n) is 12.3. The Morgan fingerprint density at radius 3 is 2.69 bits per heavy atom. The third kappa shape index (κ3) is 5.20. The highest BCUT2D eigenvalue weighted by Crippen LogP contribution is 2.53. The Morgan fingerprint density at radius 2 is 1.87 bits per heavy atom. The van der Waals surface area contributed by atoms with Crippen molar-refractivity contribution in [2.45, 2.75) is 52.7 Å². The van der Waals surface area contributed by atoms with Crippen LogP contribution in [0.15, 0.2) is 75.4 Å². The van der Waals surface area contributed by atoms with Gasteiger partial charge in [0, 0.05) is 22.4 Å². The fraction of sp³-hybridized carbons (Fsp3) is 0.387. The predicted octanol–water partition coefficient (Wildman–Crippen LogP) is 7.81. The SMILES string of the molecule is CC1(C)CC2CC(C)(CN2Cn2c(O)c(N=NC(=O)COc3ccc4ccccc4c3)c3cc(Br)ccc32)C1.